The number of halogens is 2. The number of benzene rings is 2. The van der Waals surface area contributed by atoms with Crippen LogP contribution in [-0.2, 0) is 22.6 Å². The summed E-state index contributed by atoms with van der Waals surface area (Å²) in [6.07, 6.45) is 2.55. The molecule has 6 nitrogen and oxygen atoms in total. The average molecular weight is 524 g/mol. The lowest BCUT2D eigenvalue weighted by Gasteiger charge is -2.29. The van der Waals surface area contributed by atoms with Gasteiger partial charge in [0.05, 0.1) is 13.2 Å². The number of hydrogen-bond acceptors (Lipinski definition) is 4. The monoisotopic (exact) mass is 522 g/mol. The fourth-order valence-corrected chi connectivity index (χ4v) is 4.14. The predicted octanol–water partition coefficient (Wildman–Crippen LogP) is 6.06. The summed E-state index contributed by atoms with van der Waals surface area (Å²) in [5.41, 5.74) is 1.57. The van der Waals surface area contributed by atoms with E-state index in [1.807, 2.05) is 32.0 Å². The number of rotatable bonds is 14. The van der Waals surface area contributed by atoms with Crippen LogP contribution in [-0.4, -0.2) is 42.5 Å². The molecule has 0 bridgehead atoms. The fourth-order valence-electron chi connectivity index (χ4n) is 3.62. The van der Waals surface area contributed by atoms with Gasteiger partial charge in [0, 0.05) is 35.1 Å². The zero-order valence-corrected chi connectivity index (χ0v) is 22.5. The van der Waals surface area contributed by atoms with Gasteiger partial charge in [0.1, 0.15) is 6.04 Å². The molecular weight excluding hydrogens is 487 g/mol. The van der Waals surface area contributed by atoms with Crippen molar-refractivity contribution < 1.29 is 19.1 Å². The van der Waals surface area contributed by atoms with Crippen LogP contribution < -0.4 is 14.8 Å². The van der Waals surface area contributed by atoms with Gasteiger partial charge in [-0.1, -0.05) is 48.7 Å². The van der Waals surface area contributed by atoms with Gasteiger partial charge >= 0.3 is 0 Å². The van der Waals surface area contributed by atoms with Crippen LogP contribution in [0.3, 0.4) is 0 Å². The maximum absolute atomic E-state index is 13.4. The van der Waals surface area contributed by atoms with E-state index in [1.165, 1.54) is 0 Å². The number of ether oxygens (including phenoxy) is 2. The van der Waals surface area contributed by atoms with E-state index in [2.05, 4.69) is 12.2 Å². The molecule has 1 N–H and O–H groups in total. The van der Waals surface area contributed by atoms with Gasteiger partial charge in [-0.05, 0) is 63.4 Å². The number of amides is 2. The van der Waals surface area contributed by atoms with Crippen molar-refractivity contribution in [3.05, 3.63) is 57.6 Å². The largest absolute Gasteiger partial charge is 0.490 e. The number of hydrogen-bond donors (Lipinski definition) is 1. The van der Waals surface area contributed by atoms with E-state index in [9.17, 15) is 9.59 Å². The minimum atomic E-state index is -0.675. The van der Waals surface area contributed by atoms with Gasteiger partial charge in [0.2, 0.25) is 11.8 Å². The van der Waals surface area contributed by atoms with Crippen molar-refractivity contribution in [1.82, 2.24) is 10.2 Å². The van der Waals surface area contributed by atoms with Crippen molar-refractivity contribution in [3.8, 4) is 11.5 Å². The highest BCUT2D eigenvalue weighted by atomic mass is 35.5. The van der Waals surface area contributed by atoms with Crippen LogP contribution in [0.2, 0.25) is 10.0 Å². The Hall–Kier alpha value is -2.44. The molecule has 0 unspecified atom stereocenters. The van der Waals surface area contributed by atoms with Crippen molar-refractivity contribution in [3.63, 3.8) is 0 Å². The highest BCUT2D eigenvalue weighted by molar-refractivity contribution is 6.36. The van der Waals surface area contributed by atoms with E-state index in [1.54, 1.807) is 30.0 Å². The van der Waals surface area contributed by atoms with Gasteiger partial charge in [-0.2, -0.15) is 0 Å². The van der Waals surface area contributed by atoms with Crippen LogP contribution in [0.1, 0.15) is 58.1 Å². The second-order valence-corrected chi connectivity index (χ2v) is 9.00. The Morgan fingerprint density at radius 3 is 2.29 bits per heavy atom. The molecule has 2 aromatic rings. The Kier molecular flexibility index (Phi) is 12.2. The molecule has 8 heteroatoms. The Morgan fingerprint density at radius 2 is 1.66 bits per heavy atom. The number of carbonyl (C=O) groups excluding carboxylic acids is 2. The lowest BCUT2D eigenvalue weighted by molar-refractivity contribution is -0.140. The summed E-state index contributed by atoms with van der Waals surface area (Å²) >= 11 is 12.8. The molecule has 1 atom stereocenters. The highest BCUT2D eigenvalue weighted by Gasteiger charge is 2.27. The van der Waals surface area contributed by atoms with E-state index in [4.69, 9.17) is 32.7 Å². The number of aryl methyl sites for hydroxylation is 1. The summed E-state index contributed by atoms with van der Waals surface area (Å²) in [4.78, 5) is 27.8. The first kappa shape index (κ1) is 28.8. The van der Waals surface area contributed by atoms with Gasteiger partial charge in [-0.15, -0.1) is 0 Å². The third-order valence-electron chi connectivity index (χ3n) is 5.62. The van der Waals surface area contributed by atoms with E-state index in [0.717, 1.165) is 18.4 Å². The first-order valence-corrected chi connectivity index (χ1v) is 13.0. The molecule has 0 aliphatic carbocycles. The third kappa shape index (κ3) is 8.62. The first-order chi connectivity index (χ1) is 16.8. The van der Waals surface area contributed by atoms with Crippen LogP contribution in [0, 0.1) is 0 Å². The molecule has 192 valence electrons. The molecule has 0 spiro atoms. The van der Waals surface area contributed by atoms with E-state index < -0.39 is 6.04 Å². The van der Waals surface area contributed by atoms with E-state index in [-0.39, 0.29) is 24.8 Å². The SMILES string of the molecule is CCCCNC(=O)[C@@H](C)N(Cc1c(Cl)cccc1Cl)C(=O)CCc1ccc(OCC)c(OCC)c1. The van der Waals surface area contributed by atoms with Gasteiger partial charge in [-0.25, -0.2) is 0 Å². The van der Waals surface area contributed by atoms with Gasteiger partial charge < -0.3 is 19.7 Å². The number of nitrogens with zero attached hydrogens (tertiary/aromatic N) is 1. The van der Waals surface area contributed by atoms with E-state index >= 15 is 0 Å². The molecule has 0 saturated carbocycles. The van der Waals surface area contributed by atoms with Crippen LogP contribution in [0.25, 0.3) is 0 Å². The maximum atomic E-state index is 13.4. The zero-order valence-electron chi connectivity index (χ0n) is 21.0. The first-order valence-electron chi connectivity index (χ1n) is 12.2. The van der Waals surface area contributed by atoms with Crippen molar-refractivity contribution in [1.29, 1.82) is 0 Å². The number of nitrogens with one attached hydrogen (secondary N) is 1. The van der Waals surface area contributed by atoms with Crippen molar-refractivity contribution >= 4 is 35.0 Å². The molecule has 0 aliphatic rings. The minimum absolute atomic E-state index is 0.146. The molecule has 2 rings (SSSR count). The summed E-state index contributed by atoms with van der Waals surface area (Å²) in [5.74, 6) is 0.972. The number of carbonyl (C=O) groups is 2. The summed E-state index contributed by atoms with van der Waals surface area (Å²) in [5, 5.41) is 3.84. The summed E-state index contributed by atoms with van der Waals surface area (Å²) < 4.78 is 11.3. The molecule has 0 radical (unpaired) electrons. The van der Waals surface area contributed by atoms with E-state index in [0.29, 0.717) is 53.3 Å². The standard InChI is InChI=1S/C27H36Cl2N2O4/c1-5-8-16-30-27(33)19(4)31(18-21-22(28)10-9-11-23(21)29)26(32)15-13-20-12-14-24(34-6-2)25(17-20)35-7-3/h9-12,14,17,19H,5-8,13,15-16,18H2,1-4H3,(H,30,33)/t19-/m1/s1. The van der Waals surface area contributed by atoms with Gasteiger partial charge in [-0.3, -0.25) is 9.59 Å². The van der Waals surface area contributed by atoms with Crippen molar-refractivity contribution in [2.24, 2.45) is 0 Å². The second kappa shape index (κ2) is 14.8. The third-order valence-corrected chi connectivity index (χ3v) is 6.33. The molecular formula is C27H36Cl2N2O4. The number of unbranched alkanes of at least 4 members (excludes halogenated alkanes) is 1. The quantitative estimate of drug-likeness (QED) is 0.306. The average Bonchev–Trinajstić information content (AvgIpc) is 2.83. The topological polar surface area (TPSA) is 67.9 Å². The lowest BCUT2D eigenvalue weighted by atomic mass is 10.1. The molecule has 0 aliphatic heterocycles. The normalized spacial score (nSPS) is 11.6. The minimum Gasteiger partial charge on any atom is -0.490 e. The Labute approximate surface area is 218 Å². The molecule has 35 heavy (non-hydrogen) atoms. The second-order valence-electron chi connectivity index (χ2n) is 8.19. The smallest absolute Gasteiger partial charge is 0.242 e. The maximum Gasteiger partial charge on any atom is 0.242 e. The Bertz CT molecular complexity index is 963. The molecule has 2 amide bonds. The molecule has 0 fully saturated rings. The summed E-state index contributed by atoms with van der Waals surface area (Å²) in [7, 11) is 0. The fraction of sp³-hybridized carbons (Fsp3) is 0.481. The summed E-state index contributed by atoms with van der Waals surface area (Å²) in [6.45, 7) is 9.39. The van der Waals surface area contributed by atoms with Gasteiger partial charge in [0.25, 0.3) is 0 Å². The molecule has 0 saturated heterocycles. The summed E-state index contributed by atoms with van der Waals surface area (Å²) in [6, 6.07) is 10.2. The lowest BCUT2D eigenvalue weighted by Crippen LogP contribution is -2.48. The predicted molar refractivity (Wildman–Crippen MR) is 141 cm³/mol. The molecule has 0 heterocycles. The van der Waals surface area contributed by atoms with Crippen molar-refractivity contribution in [2.75, 3.05) is 19.8 Å². The highest BCUT2D eigenvalue weighted by Crippen LogP contribution is 2.30. The van der Waals surface area contributed by atoms with Crippen LogP contribution in [0.4, 0.5) is 0 Å². The molecule has 2 aromatic carbocycles. The molecule has 0 aromatic heterocycles. The van der Waals surface area contributed by atoms with Crippen LogP contribution >= 0.6 is 23.2 Å². The zero-order chi connectivity index (χ0) is 25.8. The van der Waals surface area contributed by atoms with Crippen LogP contribution in [0.15, 0.2) is 36.4 Å². The van der Waals surface area contributed by atoms with Gasteiger partial charge in [0.15, 0.2) is 11.5 Å². The Balaban J connectivity index is 2.21. The van der Waals surface area contributed by atoms with Crippen LogP contribution in [0.5, 0.6) is 11.5 Å². The Morgan fingerprint density at radius 1 is 1.00 bits per heavy atom. The van der Waals surface area contributed by atoms with Crippen molar-refractivity contribution in [2.45, 2.75) is 66.0 Å².